The van der Waals surface area contributed by atoms with Crippen LogP contribution >= 0.6 is 11.6 Å². The molecule has 1 atom stereocenters. The summed E-state index contributed by atoms with van der Waals surface area (Å²) in [4.78, 5) is 11.2. The zero-order chi connectivity index (χ0) is 13.5. The molecule has 0 aliphatic rings. The first kappa shape index (κ1) is 14.6. The van der Waals surface area contributed by atoms with Gasteiger partial charge in [0.05, 0.1) is 13.0 Å². The lowest BCUT2D eigenvalue weighted by Gasteiger charge is -2.12. The van der Waals surface area contributed by atoms with Crippen LogP contribution in [-0.2, 0) is 11.2 Å². The first-order valence-corrected chi connectivity index (χ1v) is 6.12. The molecular weight excluding hydrogens is 252 g/mol. The van der Waals surface area contributed by atoms with E-state index in [-0.39, 0.29) is 0 Å². The van der Waals surface area contributed by atoms with E-state index in [9.17, 15) is 9.90 Å². The first-order chi connectivity index (χ1) is 8.56. The molecule has 0 saturated heterocycles. The molecule has 0 aliphatic heterocycles. The second kappa shape index (κ2) is 7.07. The van der Waals surface area contributed by atoms with Gasteiger partial charge in [-0.1, -0.05) is 29.3 Å². The number of carboxylic acids is 1. The summed E-state index contributed by atoms with van der Waals surface area (Å²) in [6, 6.07) is 7.43. The van der Waals surface area contributed by atoms with E-state index in [1.54, 1.807) is 7.11 Å². The van der Waals surface area contributed by atoms with Gasteiger partial charge >= 0.3 is 5.97 Å². The lowest BCUT2D eigenvalue weighted by molar-refractivity contribution is -0.141. The van der Waals surface area contributed by atoms with E-state index in [1.807, 2.05) is 31.2 Å². The van der Waals surface area contributed by atoms with Gasteiger partial charge in [-0.3, -0.25) is 4.79 Å². The number of aliphatic carboxylic acids is 1. The summed E-state index contributed by atoms with van der Waals surface area (Å²) in [5, 5.41) is 9.18. The Labute approximate surface area is 112 Å². The smallest absolute Gasteiger partial charge is 0.307 e. The number of methoxy groups -OCH3 is 1. The van der Waals surface area contributed by atoms with E-state index in [4.69, 9.17) is 16.3 Å². The molecule has 0 bridgehead atoms. The summed E-state index contributed by atoms with van der Waals surface area (Å²) < 4.78 is 5.06. The molecule has 0 aromatic heterocycles. The van der Waals surface area contributed by atoms with Crippen LogP contribution in [0.2, 0.25) is 0 Å². The van der Waals surface area contributed by atoms with E-state index >= 15 is 0 Å². The zero-order valence-electron chi connectivity index (χ0n) is 10.5. The number of allylic oxidation sites excluding steroid dienone is 1. The summed E-state index contributed by atoms with van der Waals surface area (Å²) in [5.74, 6) is -0.487. The third kappa shape index (κ3) is 4.41. The second-order valence-corrected chi connectivity index (χ2v) is 4.47. The Kier molecular flexibility index (Phi) is 5.72. The van der Waals surface area contributed by atoms with Gasteiger partial charge in [-0.25, -0.2) is 0 Å². The molecule has 4 heteroatoms. The number of ether oxygens (including phenoxy) is 1. The Balaban J connectivity index is 2.73. The van der Waals surface area contributed by atoms with Gasteiger partial charge in [-0.2, -0.15) is 0 Å². The van der Waals surface area contributed by atoms with Crippen LogP contribution < -0.4 is 4.74 Å². The van der Waals surface area contributed by atoms with Gasteiger partial charge in [0, 0.05) is 5.54 Å². The molecule has 18 heavy (non-hydrogen) atoms. The van der Waals surface area contributed by atoms with Crippen molar-refractivity contribution in [3.8, 4) is 5.75 Å². The highest BCUT2D eigenvalue weighted by Crippen LogP contribution is 2.20. The summed E-state index contributed by atoms with van der Waals surface area (Å²) in [5.41, 5.74) is 3.28. The highest BCUT2D eigenvalue weighted by atomic mass is 35.5. The maximum absolute atomic E-state index is 11.2. The van der Waals surface area contributed by atoms with Gasteiger partial charge in [0.25, 0.3) is 0 Å². The fourth-order valence-corrected chi connectivity index (χ4v) is 1.82. The molecule has 0 fully saturated rings. The molecule has 1 aromatic carbocycles. The summed E-state index contributed by atoms with van der Waals surface area (Å²) in [7, 11) is 1.60. The summed E-state index contributed by atoms with van der Waals surface area (Å²) in [6.07, 6.45) is 0.951. The number of halogens is 1. The van der Waals surface area contributed by atoms with Crippen LogP contribution in [0, 0.1) is 5.92 Å². The average Bonchev–Trinajstić information content (AvgIpc) is 2.38. The number of carbonyl (C=O) groups is 1. The van der Waals surface area contributed by atoms with Crippen molar-refractivity contribution in [1.29, 1.82) is 0 Å². The number of carboxylic acid groups (broad SMARTS) is 1. The number of hydrogen-bond acceptors (Lipinski definition) is 2. The normalized spacial score (nSPS) is 13.2. The summed E-state index contributed by atoms with van der Waals surface area (Å²) in [6.45, 7) is 1.83. The van der Waals surface area contributed by atoms with Gasteiger partial charge in [0.1, 0.15) is 5.75 Å². The van der Waals surface area contributed by atoms with E-state index < -0.39 is 11.9 Å². The Hall–Kier alpha value is -1.48. The third-order valence-corrected chi connectivity index (χ3v) is 3.12. The van der Waals surface area contributed by atoms with Gasteiger partial charge in [0.15, 0.2) is 0 Å². The minimum absolute atomic E-state index is 0.451. The lowest BCUT2D eigenvalue weighted by atomic mass is 9.93. The minimum atomic E-state index is -0.802. The van der Waals surface area contributed by atoms with E-state index in [0.29, 0.717) is 12.8 Å². The maximum Gasteiger partial charge on any atom is 0.307 e. The van der Waals surface area contributed by atoms with Gasteiger partial charge in [-0.05, 0) is 37.5 Å². The second-order valence-electron chi connectivity index (χ2n) is 4.25. The van der Waals surface area contributed by atoms with Gasteiger partial charge < -0.3 is 9.84 Å². The molecule has 0 aliphatic carbocycles. The zero-order valence-corrected chi connectivity index (χ0v) is 11.3. The van der Waals surface area contributed by atoms with E-state index in [1.165, 1.54) is 5.54 Å². The van der Waals surface area contributed by atoms with Gasteiger partial charge in [0.2, 0.25) is 0 Å². The Morgan fingerprint density at radius 3 is 2.50 bits per heavy atom. The molecule has 0 amide bonds. The molecule has 0 saturated carbocycles. The predicted molar refractivity (Wildman–Crippen MR) is 72.1 cm³/mol. The quantitative estimate of drug-likeness (QED) is 0.859. The van der Waals surface area contributed by atoms with Crippen molar-refractivity contribution in [2.24, 2.45) is 5.92 Å². The Morgan fingerprint density at radius 1 is 1.44 bits per heavy atom. The number of hydrogen-bond donors (Lipinski definition) is 1. The largest absolute Gasteiger partial charge is 0.497 e. The molecule has 3 nitrogen and oxygen atoms in total. The average molecular weight is 269 g/mol. The molecule has 0 radical (unpaired) electrons. The molecular formula is C14H17ClO3. The molecule has 0 heterocycles. The van der Waals surface area contributed by atoms with Crippen molar-refractivity contribution in [2.75, 3.05) is 7.11 Å². The van der Waals surface area contributed by atoms with Crippen LogP contribution in [0.25, 0.3) is 0 Å². The molecule has 1 aromatic rings. The number of benzene rings is 1. The lowest BCUT2D eigenvalue weighted by Crippen LogP contribution is -2.16. The Morgan fingerprint density at radius 2 is 2.06 bits per heavy atom. The van der Waals surface area contributed by atoms with Crippen molar-refractivity contribution in [2.45, 2.75) is 19.8 Å². The van der Waals surface area contributed by atoms with Crippen molar-refractivity contribution in [3.05, 3.63) is 40.9 Å². The SMILES string of the molecule is COc1ccc(CC(C/C(C)=C/Cl)C(=O)O)cc1. The molecule has 1 rings (SSSR count). The predicted octanol–water partition coefficient (Wildman–Crippen LogP) is 3.47. The molecule has 1 unspecified atom stereocenters. The first-order valence-electron chi connectivity index (χ1n) is 5.68. The van der Waals surface area contributed by atoms with Crippen LogP contribution in [0.4, 0.5) is 0 Å². The monoisotopic (exact) mass is 268 g/mol. The van der Waals surface area contributed by atoms with Crippen LogP contribution in [0.5, 0.6) is 5.75 Å². The van der Waals surface area contributed by atoms with Crippen molar-refractivity contribution >= 4 is 17.6 Å². The van der Waals surface area contributed by atoms with E-state index in [2.05, 4.69) is 0 Å². The highest BCUT2D eigenvalue weighted by molar-refractivity contribution is 6.25. The van der Waals surface area contributed by atoms with Crippen LogP contribution in [-0.4, -0.2) is 18.2 Å². The molecule has 1 N–H and O–H groups in total. The molecule has 0 spiro atoms. The van der Waals surface area contributed by atoms with E-state index in [0.717, 1.165) is 16.9 Å². The van der Waals surface area contributed by atoms with Crippen molar-refractivity contribution in [3.63, 3.8) is 0 Å². The van der Waals surface area contributed by atoms with Gasteiger partial charge in [-0.15, -0.1) is 0 Å². The highest BCUT2D eigenvalue weighted by Gasteiger charge is 2.18. The van der Waals surface area contributed by atoms with Crippen molar-refractivity contribution in [1.82, 2.24) is 0 Å². The molecule has 98 valence electrons. The minimum Gasteiger partial charge on any atom is -0.497 e. The standard InChI is InChI=1S/C14H17ClO3/c1-10(9-15)7-12(14(16)17)8-11-3-5-13(18-2)6-4-11/h3-6,9,12H,7-8H2,1-2H3,(H,16,17)/b10-9+. The maximum atomic E-state index is 11.2. The third-order valence-electron chi connectivity index (χ3n) is 2.75. The van der Waals surface area contributed by atoms with Crippen LogP contribution in [0.1, 0.15) is 18.9 Å². The Bertz CT molecular complexity index is 423. The summed E-state index contributed by atoms with van der Waals surface area (Å²) >= 11 is 5.57. The van der Waals surface area contributed by atoms with Crippen LogP contribution in [0.3, 0.4) is 0 Å². The topological polar surface area (TPSA) is 46.5 Å². The van der Waals surface area contributed by atoms with Crippen LogP contribution in [0.15, 0.2) is 35.4 Å². The fourth-order valence-electron chi connectivity index (χ4n) is 1.73. The number of rotatable bonds is 6. The fraction of sp³-hybridized carbons (Fsp3) is 0.357. The van der Waals surface area contributed by atoms with Crippen molar-refractivity contribution < 1.29 is 14.6 Å².